The molecule has 1 N–H and O–H groups in total. The van der Waals surface area contributed by atoms with Crippen molar-refractivity contribution in [2.45, 2.75) is 20.0 Å². The molecule has 0 saturated carbocycles. The molecule has 4 nitrogen and oxygen atoms in total. The van der Waals surface area contributed by atoms with Gasteiger partial charge in [-0.2, -0.15) is 5.26 Å². The van der Waals surface area contributed by atoms with Gasteiger partial charge in [0.25, 0.3) is 0 Å². The van der Waals surface area contributed by atoms with Crippen molar-refractivity contribution < 1.29 is 0 Å². The molecule has 0 spiro atoms. The summed E-state index contributed by atoms with van der Waals surface area (Å²) >= 11 is 0. The Labute approximate surface area is 101 Å². The molecule has 0 amide bonds. The Balaban J connectivity index is 2.00. The number of rotatable bonds is 4. The summed E-state index contributed by atoms with van der Waals surface area (Å²) in [4.78, 5) is 4.28. The second-order valence-electron chi connectivity index (χ2n) is 3.67. The largest absolute Gasteiger partial charge is 0.378 e. The predicted octanol–water partition coefficient (Wildman–Crippen LogP) is 2.39. The molecule has 0 aliphatic rings. The summed E-state index contributed by atoms with van der Waals surface area (Å²) in [6.07, 6.45) is 3.77. The lowest BCUT2D eigenvalue weighted by Crippen LogP contribution is -2.07. The van der Waals surface area contributed by atoms with Crippen LogP contribution in [0.3, 0.4) is 0 Å². The standard InChI is InChI=1S/C13H14N4/c1-2-17-8-7-15-13(17)10-16-12-5-3-11(9-14)4-6-12/h3-8,16H,2,10H2,1H3. The number of aryl methyl sites for hydroxylation is 1. The van der Waals surface area contributed by atoms with Crippen LogP contribution in [0.15, 0.2) is 36.7 Å². The molecule has 0 aliphatic heterocycles. The number of imidazole rings is 1. The molecule has 0 unspecified atom stereocenters. The van der Waals surface area contributed by atoms with Crippen LogP contribution in [0.5, 0.6) is 0 Å². The van der Waals surface area contributed by atoms with Crippen LogP contribution in [0.4, 0.5) is 5.69 Å². The summed E-state index contributed by atoms with van der Waals surface area (Å²) in [6.45, 7) is 3.70. The molecule has 0 radical (unpaired) electrons. The molecule has 0 aliphatic carbocycles. The van der Waals surface area contributed by atoms with Gasteiger partial charge in [-0.05, 0) is 31.2 Å². The minimum Gasteiger partial charge on any atom is -0.378 e. The smallest absolute Gasteiger partial charge is 0.128 e. The Kier molecular flexibility index (Phi) is 3.41. The molecule has 0 atom stereocenters. The molecule has 2 aromatic rings. The third-order valence-electron chi connectivity index (χ3n) is 2.61. The average Bonchev–Trinajstić information content (AvgIpc) is 2.84. The van der Waals surface area contributed by atoms with E-state index in [-0.39, 0.29) is 0 Å². The highest BCUT2D eigenvalue weighted by atomic mass is 15.1. The lowest BCUT2D eigenvalue weighted by atomic mass is 10.2. The Bertz CT molecular complexity index is 519. The van der Waals surface area contributed by atoms with Gasteiger partial charge in [0, 0.05) is 24.6 Å². The normalized spacial score (nSPS) is 9.88. The Morgan fingerprint density at radius 2 is 2.12 bits per heavy atom. The van der Waals surface area contributed by atoms with Gasteiger partial charge in [0.1, 0.15) is 5.82 Å². The Morgan fingerprint density at radius 1 is 1.35 bits per heavy atom. The number of nitrogens with one attached hydrogen (secondary N) is 1. The van der Waals surface area contributed by atoms with Crippen LogP contribution in [0, 0.1) is 11.3 Å². The first-order valence-electron chi connectivity index (χ1n) is 5.57. The third-order valence-corrected chi connectivity index (χ3v) is 2.61. The first-order chi connectivity index (χ1) is 8.33. The monoisotopic (exact) mass is 226 g/mol. The van der Waals surface area contributed by atoms with E-state index < -0.39 is 0 Å². The maximum atomic E-state index is 8.69. The first-order valence-corrected chi connectivity index (χ1v) is 5.57. The average molecular weight is 226 g/mol. The van der Waals surface area contributed by atoms with Gasteiger partial charge in [0.2, 0.25) is 0 Å². The van der Waals surface area contributed by atoms with Crippen molar-refractivity contribution in [2.75, 3.05) is 5.32 Å². The van der Waals surface area contributed by atoms with E-state index in [2.05, 4.69) is 27.9 Å². The number of hydrogen-bond donors (Lipinski definition) is 1. The second kappa shape index (κ2) is 5.17. The van der Waals surface area contributed by atoms with Crippen molar-refractivity contribution >= 4 is 5.69 Å². The number of nitriles is 1. The van der Waals surface area contributed by atoms with E-state index in [4.69, 9.17) is 5.26 Å². The molecule has 4 heteroatoms. The number of anilines is 1. The fourth-order valence-electron chi connectivity index (χ4n) is 1.64. The van der Waals surface area contributed by atoms with Crippen molar-refractivity contribution in [2.24, 2.45) is 0 Å². The molecular weight excluding hydrogens is 212 g/mol. The zero-order chi connectivity index (χ0) is 12.1. The minimum absolute atomic E-state index is 0.672. The molecule has 2 rings (SSSR count). The summed E-state index contributed by atoms with van der Waals surface area (Å²) in [5.74, 6) is 1.01. The zero-order valence-corrected chi connectivity index (χ0v) is 9.72. The summed E-state index contributed by atoms with van der Waals surface area (Å²) in [7, 11) is 0. The maximum absolute atomic E-state index is 8.69. The van der Waals surface area contributed by atoms with Crippen molar-refractivity contribution in [1.82, 2.24) is 9.55 Å². The SMILES string of the molecule is CCn1ccnc1CNc1ccc(C#N)cc1. The second-order valence-corrected chi connectivity index (χ2v) is 3.67. The van der Waals surface area contributed by atoms with Crippen LogP contribution < -0.4 is 5.32 Å². The van der Waals surface area contributed by atoms with Crippen molar-refractivity contribution in [3.05, 3.63) is 48.0 Å². The van der Waals surface area contributed by atoms with Crippen molar-refractivity contribution in [1.29, 1.82) is 5.26 Å². The number of aromatic nitrogens is 2. The molecule has 0 fully saturated rings. The van der Waals surface area contributed by atoms with E-state index in [1.807, 2.05) is 18.3 Å². The van der Waals surface area contributed by atoms with Crippen LogP contribution in [0.2, 0.25) is 0 Å². The topological polar surface area (TPSA) is 53.6 Å². The van der Waals surface area contributed by atoms with Gasteiger partial charge in [-0.15, -0.1) is 0 Å². The van der Waals surface area contributed by atoms with Gasteiger partial charge >= 0.3 is 0 Å². The fraction of sp³-hybridized carbons (Fsp3) is 0.231. The Hall–Kier alpha value is -2.28. The molecule has 0 saturated heterocycles. The van der Waals surface area contributed by atoms with Crippen molar-refractivity contribution in [3.8, 4) is 6.07 Å². The van der Waals surface area contributed by atoms with Gasteiger partial charge in [0.15, 0.2) is 0 Å². The van der Waals surface area contributed by atoms with Crippen LogP contribution in [0.1, 0.15) is 18.3 Å². The quantitative estimate of drug-likeness (QED) is 0.870. The molecule has 0 bridgehead atoms. The summed E-state index contributed by atoms with van der Waals surface area (Å²) in [5.41, 5.74) is 1.67. The van der Waals surface area contributed by atoms with Crippen LogP contribution in [-0.2, 0) is 13.1 Å². The summed E-state index contributed by atoms with van der Waals surface area (Å²) in [6, 6.07) is 9.50. The number of nitrogens with zero attached hydrogens (tertiary/aromatic N) is 3. The Morgan fingerprint density at radius 3 is 2.76 bits per heavy atom. The van der Waals surface area contributed by atoms with E-state index in [9.17, 15) is 0 Å². The zero-order valence-electron chi connectivity index (χ0n) is 9.72. The fourth-order valence-corrected chi connectivity index (χ4v) is 1.64. The number of hydrogen-bond acceptors (Lipinski definition) is 3. The van der Waals surface area contributed by atoms with E-state index in [1.165, 1.54) is 0 Å². The van der Waals surface area contributed by atoms with E-state index in [0.29, 0.717) is 12.1 Å². The van der Waals surface area contributed by atoms with E-state index in [0.717, 1.165) is 18.1 Å². The lowest BCUT2D eigenvalue weighted by Gasteiger charge is -2.07. The van der Waals surface area contributed by atoms with Gasteiger partial charge in [-0.25, -0.2) is 4.98 Å². The van der Waals surface area contributed by atoms with Crippen LogP contribution in [0.25, 0.3) is 0 Å². The molecule has 1 aromatic carbocycles. The van der Waals surface area contributed by atoms with Crippen LogP contribution >= 0.6 is 0 Å². The van der Waals surface area contributed by atoms with Gasteiger partial charge in [-0.1, -0.05) is 0 Å². The third kappa shape index (κ3) is 2.64. The summed E-state index contributed by atoms with van der Waals surface area (Å²) < 4.78 is 2.09. The van der Waals surface area contributed by atoms with Gasteiger partial charge in [-0.3, -0.25) is 0 Å². The van der Waals surface area contributed by atoms with Gasteiger partial charge in [0.05, 0.1) is 18.2 Å². The molecule has 1 aromatic heterocycles. The highest BCUT2D eigenvalue weighted by Crippen LogP contribution is 2.10. The van der Waals surface area contributed by atoms with Crippen LogP contribution in [-0.4, -0.2) is 9.55 Å². The molecular formula is C13H14N4. The minimum atomic E-state index is 0.672. The molecule has 17 heavy (non-hydrogen) atoms. The number of benzene rings is 1. The lowest BCUT2D eigenvalue weighted by molar-refractivity contribution is 0.708. The first kappa shape index (κ1) is 11.2. The van der Waals surface area contributed by atoms with E-state index >= 15 is 0 Å². The molecule has 86 valence electrons. The van der Waals surface area contributed by atoms with Gasteiger partial charge < -0.3 is 9.88 Å². The highest BCUT2D eigenvalue weighted by molar-refractivity contribution is 5.47. The highest BCUT2D eigenvalue weighted by Gasteiger charge is 2.00. The maximum Gasteiger partial charge on any atom is 0.128 e. The predicted molar refractivity (Wildman–Crippen MR) is 66.4 cm³/mol. The molecule has 1 heterocycles. The summed E-state index contributed by atoms with van der Waals surface area (Å²) in [5, 5.41) is 12.0. The van der Waals surface area contributed by atoms with E-state index in [1.54, 1.807) is 18.3 Å². The van der Waals surface area contributed by atoms with Crippen molar-refractivity contribution in [3.63, 3.8) is 0 Å².